The molecule has 0 radical (unpaired) electrons. The van der Waals surface area contributed by atoms with E-state index in [1.807, 2.05) is 12.1 Å². The highest BCUT2D eigenvalue weighted by Crippen LogP contribution is 2.20. The van der Waals surface area contributed by atoms with Crippen molar-refractivity contribution in [3.63, 3.8) is 0 Å². The van der Waals surface area contributed by atoms with Gasteiger partial charge in [0.2, 0.25) is 0 Å². The molecule has 0 aliphatic heterocycles. The second-order valence-electron chi connectivity index (χ2n) is 5.65. The number of hydrogen-bond acceptors (Lipinski definition) is 6. The zero-order valence-corrected chi connectivity index (χ0v) is 13.7. The first-order valence-corrected chi connectivity index (χ1v) is 7.79. The summed E-state index contributed by atoms with van der Waals surface area (Å²) in [6.45, 7) is 0. The van der Waals surface area contributed by atoms with Gasteiger partial charge in [-0.25, -0.2) is 9.48 Å². The average molecular weight is 347 g/mol. The van der Waals surface area contributed by atoms with Gasteiger partial charge >= 0.3 is 5.63 Å². The minimum absolute atomic E-state index is 0.0607. The van der Waals surface area contributed by atoms with Crippen LogP contribution in [0.4, 0.5) is 5.69 Å². The minimum atomic E-state index is -0.685. The Hall–Kier alpha value is -3.81. The molecule has 0 saturated carbocycles. The molecule has 4 aromatic rings. The van der Waals surface area contributed by atoms with Crippen LogP contribution < -0.4 is 10.9 Å². The van der Waals surface area contributed by atoms with Crippen molar-refractivity contribution in [1.29, 1.82) is 0 Å². The summed E-state index contributed by atoms with van der Waals surface area (Å²) in [5.74, 6) is 0.0176. The summed E-state index contributed by atoms with van der Waals surface area (Å²) < 4.78 is 6.73. The maximum Gasteiger partial charge on any atom is 0.349 e. The number of carbonyl (C=O) groups is 1. The molecule has 0 spiro atoms. The fourth-order valence-electron chi connectivity index (χ4n) is 2.63. The topological polar surface area (TPSA) is 103 Å². The summed E-state index contributed by atoms with van der Waals surface area (Å²) in [6.07, 6.45) is 0. The van der Waals surface area contributed by atoms with Crippen LogP contribution in [0.1, 0.15) is 10.4 Å². The van der Waals surface area contributed by atoms with Crippen LogP contribution in [0.5, 0.6) is 0 Å². The third-order valence-corrected chi connectivity index (χ3v) is 3.88. The number of aromatic nitrogens is 4. The summed E-state index contributed by atoms with van der Waals surface area (Å²) in [5.41, 5.74) is 0.944. The third kappa shape index (κ3) is 2.84. The van der Waals surface area contributed by atoms with Crippen LogP contribution >= 0.6 is 0 Å². The Balaban J connectivity index is 1.66. The lowest BCUT2D eigenvalue weighted by Gasteiger charge is -2.07. The first-order valence-electron chi connectivity index (χ1n) is 7.79. The Bertz CT molecular complexity index is 1180. The number of para-hydroxylation sites is 1. The molecule has 0 aliphatic rings. The fourth-order valence-corrected chi connectivity index (χ4v) is 2.63. The Morgan fingerprint density at radius 3 is 2.77 bits per heavy atom. The normalized spacial score (nSPS) is 10.8. The number of nitrogens with zero attached hydrogens (tertiary/aromatic N) is 4. The molecular weight excluding hydrogens is 334 g/mol. The number of nitrogens with one attached hydrogen (secondary N) is 1. The van der Waals surface area contributed by atoms with Crippen molar-refractivity contribution in [1.82, 2.24) is 20.2 Å². The average Bonchev–Trinajstić information content (AvgIpc) is 3.07. The first-order chi connectivity index (χ1) is 12.6. The highest BCUT2D eigenvalue weighted by Gasteiger charge is 2.14. The smallest absolute Gasteiger partial charge is 0.349 e. The zero-order chi connectivity index (χ0) is 18.1. The largest absolute Gasteiger partial charge is 0.422 e. The number of benzene rings is 2. The van der Waals surface area contributed by atoms with Crippen LogP contribution in [0.15, 0.2) is 63.8 Å². The van der Waals surface area contributed by atoms with E-state index in [0.29, 0.717) is 22.5 Å². The molecule has 128 valence electrons. The summed E-state index contributed by atoms with van der Waals surface area (Å²) in [6, 6.07) is 15.6. The van der Waals surface area contributed by atoms with Crippen molar-refractivity contribution >= 4 is 22.6 Å². The van der Waals surface area contributed by atoms with Crippen molar-refractivity contribution < 1.29 is 9.21 Å². The van der Waals surface area contributed by atoms with E-state index < -0.39 is 11.5 Å². The predicted molar refractivity (Wildman–Crippen MR) is 94.7 cm³/mol. The van der Waals surface area contributed by atoms with Gasteiger partial charge in [-0.2, -0.15) is 0 Å². The predicted octanol–water partition coefficient (Wildman–Crippen LogP) is 2.24. The lowest BCUT2D eigenvalue weighted by molar-refractivity contribution is 0.102. The molecule has 8 heteroatoms. The number of aryl methyl sites for hydroxylation is 1. The highest BCUT2D eigenvalue weighted by molar-refractivity contribution is 6.05. The molecule has 2 aromatic heterocycles. The van der Waals surface area contributed by atoms with Gasteiger partial charge in [-0.15, -0.1) is 5.10 Å². The van der Waals surface area contributed by atoms with Crippen molar-refractivity contribution in [2.24, 2.45) is 7.05 Å². The molecule has 26 heavy (non-hydrogen) atoms. The Kier molecular flexibility index (Phi) is 3.77. The molecule has 0 unspecified atom stereocenters. The zero-order valence-electron chi connectivity index (χ0n) is 13.7. The number of amides is 1. The third-order valence-electron chi connectivity index (χ3n) is 3.88. The van der Waals surface area contributed by atoms with Gasteiger partial charge < -0.3 is 9.73 Å². The molecule has 0 fully saturated rings. The lowest BCUT2D eigenvalue weighted by Crippen LogP contribution is -2.20. The van der Waals surface area contributed by atoms with Gasteiger partial charge in [0.1, 0.15) is 11.1 Å². The van der Waals surface area contributed by atoms with Gasteiger partial charge in [0.15, 0.2) is 5.82 Å². The Morgan fingerprint density at radius 2 is 1.96 bits per heavy atom. The van der Waals surface area contributed by atoms with Crippen molar-refractivity contribution in [2.75, 3.05) is 5.32 Å². The standard InChI is InChI=1S/C18H13N5O3/c1-23-16(20-21-22-23)12-6-4-7-13(9-12)19-17(24)14-10-11-5-2-3-8-15(11)26-18(14)25/h2-10H,1H3,(H,19,24). The van der Waals surface area contributed by atoms with Gasteiger partial charge in [-0.3, -0.25) is 4.79 Å². The molecule has 1 N–H and O–H groups in total. The molecule has 0 saturated heterocycles. The monoisotopic (exact) mass is 347 g/mol. The van der Waals surface area contributed by atoms with Crippen LogP contribution in [0.2, 0.25) is 0 Å². The summed E-state index contributed by atoms with van der Waals surface area (Å²) in [4.78, 5) is 24.6. The Morgan fingerprint density at radius 1 is 1.12 bits per heavy atom. The quantitative estimate of drug-likeness (QED) is 0.570. The second kappa shape index (κ2) is 6.25. The molecule has 2 heterocycles. The summed E-state index contributed by atoms with van der Waals surface area (Å²) in [5, 5.41) is 14.7. The van der Waals surface area contributed by atoms with Crippen LogP contribution in [0.3, 0.4) is 0 Å². The van der Waals surface area contributed by atoms with Crippen molar-refractivity contribution in [2.45, 2.75) is 0 Å². The van der Waals surface area contributed by atoms with Gasteiger partial charge in [0, 0.05) is 23.7 Å². The van der Waals surface area contributed by atoms with Gasteiger partial charge in [0.25, 0.3) is 5.91 Å². The Labute approximate surface area is 147 Å². The van der Waals surface area contributed by atoms with Crippen molar-refractivity contribution in [3.8, 4) is 11.4 Å². The number of hydrogen-bond donors (Lipinski definition) is 1. The summed E-state index contributed by atoms with van der Waals surface area (Å²) in [7, 11) is 1.72. The van der Waals surface area contributed by atoms with E-state index >= 15 is 0 Å². The van der Waals surface area contributed by atoms with E-state index in [1.165, 1.54) is 10.7 Å². The van der Waals surface area contributed by atoms with Crippen LogP contribution in [-0.2, 0) is 7.05 Å². The molecule has 8 nitrogen and oxygen atoms in total. The maximum atomic E-state index is 12.5. The molecule has 4 rings (SSSR count). The van der Waals surface area contributed by atoms with E-state index in [-0.39, 0.29) is 5.56 Å². The second-order valence-corrected chi connectivity index (χ2v) is 5.65. The molecule has 0 bridgehead atoms. The number of rotatable bonds is 3. The first kappa shape index (κ1) is 15.7. The molecular formula is C18H13N5O3. The van der Waals surface area contributed by atoms with E-state index in [4.69, 9.17) is 4.42 Å². The summed E-state index contributed by atoms with van der Waals surface area (Å²) >= 11 is 0. The molecule has 1 amide bonds. The fraction of sp³-hybridized carbons (Fsp3) is 0.0556. The van der Waals surface area contributed by atoms with Crippen LogP contribution in [0, 0.1) is 0 Å². The van der Waals surface area contributed by atoms with E-state index in [9.17, 15) is 9.59 Å². The maximum absolute atomic E-state index is 12.5. The number of carbonyl (C=O) groups excluding carboxylic acids is 1. The van der Waals surface area contributed by atoms with Gasteiger partial charge in [-0.05, 0) is 34.7 Å². The number of anilines is 1. The SMILES string of the molecule is Cn1nnnc1-c1cccc(NC(=O)c2cc3ccccc3oc2=O)c1. The minimum Gasteiger partial charge on any atom is -0.422 e. The van der Waals surface area contributed by atoms with Crippen LogP contribution in [-0.4, -0.2) is 26.1 Å². The molecule has 0 aliphatic carbocycles. The number of fused-ring (bicyclic) bond motifs is 1. The molecule has 2 aromatic carbocycles. The molecule has 0 atom stereocenters. The highest BCUT2D eigenvalue weighted by atomic mass is 16.4. The van der Waals surface area contributed by atoms with E-state index in [0.717, 1.165) is 5.56 Å². The lowest BCUT2D eigenvalue weighted by atomic mass is 10.1. The van der Waals surface area contributed by atoms with Crippen molar-refractivity contribution in [3.05, 3.63) is 70.6 Å². The van der Waals surface area contributed by atoms with Gasteiger partial charge in [-0.1, -0.05) is 30.3 Å². The number of tetrazole rings is 1. The van der Waals surface area contributed by atoms with Gasteiger partial charge in [0.05, 0.1) is 0 Å². The van der Waals surface area contributed by atoms with E-state index in [2.05, 4.69) is 20.8 Å². The van der Waals surface area contributed by atoms with E-state index in [1.54, 1.807) is 43.4 Å². The van der Waals surface area contributed by atoms with Crippen LogP contribution in [0.25, 0.3) is 22.4 Å².